The van der Waals surface area contributed by atoms with Crippen LogP contribution in [0.5, 0.6) is 0 Å². The third-order valence-electron chi connectivity index (χ3n) is 2.74. The molecule has 1 amide bonds. The molecule has 0 atom stereocenters. The summed E-state index contributed by atoms with van der Waals surface area (Å²) in [5, 5.41) is 0. The van der Waals surface area contributed by atoms with Crippen molar-refractivity contribution in [3.8, 4) is 0 Å². The minimum Gasteiger partial charge on any atom is -0.319 e. The smallest absolute Gasteiger partial charge is 0.226 e. The second kappa shape index (κ2) is 4.83. The molecule has 1 aliphatic heterocycles. The highest BCUT2D eigenvalue weighted by Crippen LogP contribution is 2.21. The van der Waals surface area contributed by atoms with Crippen molar-refractivity contribution in [1.82, 2.24) is 4.90 Å². The van der Waals surface area contributed by atoms with E-state index in [1.807, 2.05) is 30.2 Å². The van der Waals surface area contributed by atoms with Crippen LogP contribution in [0, 0.1) is 0 Å². The van der Waals surface area contributed by atoms with Gasteiger partial charge >= 0.3 is 0 Å². The van der Waals surface area contributed by atoms with Crippen molar-refractivity contribution in [2.75, 3.05) is 6.54 Å². The van der Waals surface area contributed by atoms with Gasteiger partial charge in [-0.25, -0.2) is 0 Å². The van der Waals surface area contributed by atoms with E-state index in [1.54, 1.807) is 0 Å². The number of amides is 1. The maximum Gasteiger partial charge on any atom is 0.226 e. The van der Waals surface area contributed by atoms with Crippen LogP contribution in [-0.2, 0) is 4.79 Å². The van der Waals surface area contributed by atoms with E-state index < -0.39 is 0 Å². The quantitative estimate of drug-likeness (QED) is 0.812. The highest BCUT2D eigenvalue weighted by atomic mass is 79.9. The van der Waals surface area contributed by atoms with Gasteiger partial charge in [0.2, 0.25) is 5.91 Å². The fourth-order valence-electron chi connectivity index (χ4n) is 1.85. The molecule has 0 bridgehead atoms. The number of carbonyl (C=O) groups excluding carboxylic acids is 1. The maximum absolute atomic E-state index is 11.5. The molecule has 84 valence electrons. The fraction of sp³-hybridized carbons (Fsp3) is 0.308. The van der Waals surface area contributed by atoms with E-state index in [0.29, 0.717) is 6.42 Å². The molecule has 0 aliphatic carbocycles. The SMILES string of the molecule is CC(=CN1CCCC1=O)c1cccc(Br)c1. The van der Waals surface area contributed by atoms with Gasteiger partial charge in [0.1, 0.15) is 0 Å². The molecule has 0 saturated carbocycles. The molecule has 0 unspecified atom stereocenters. The minimum absolute atomic E-state index is 0.231. The summed E-state index contributed by atoms with van der Waals surface area (Å²) in [5.74, 6) is 0.231. The Morgan fingerprint density at radius 1 is 1.50 bits per heavy atom. The second-order valence-electron chi connectivity index (χ2n) is 4.01. The van der Waals surface area contributed by atoms with E-state index in [1.165, 1.54) is 0 Å². The predicted molar refractivity (Wildman–Crippen MR) is 68.7 cm³/mol. The van der Waals surface area contributed by atoms with Crippen molar-refractivity contribution >= 4 is 27.4 Å². The third kappa shape index (κ3) is 2.53. The minimum atomic E-state index is 0.231. The first-order chi connectivity index (χ1) is 7.66. The van der Waals surface area contributed by atoms with Crippen LogP contribution in [0.4, 0.5) is 0 Å². The van der Waals surface area contributed by atoms with Crippen molar-refractivity contribution < 1.29 is 4.79 Å². The van der Waals surface area contributed by atoms with Gasteiger partial charge in [0.15, 0.2) is 0 Å². The largest absolute Gasteiger partial charge is 0.319 e. The number of nitrogens with zero attached hydrogens (tertiary/aromatic N) is 1. The van der Waals surface area contributed by atoms with Gasteiger partial charge in [0.05, 0.1) is 0 Å². The lowest BCUT2D eigenvalue weighted by molar-refractivity contribution is -0.125. The number of carbonyl (C=O) groups is 1. The molecular formula is C13H14BrNO. The predicted octanol–water partition coefficient (Wildman–Crippen LogP) is 3.43. The van der Waals surface area contributed by atoms with Crippen LogP contribution in [0.3, 0.4) is 0 Å². The number of benzene rings is 1. The Balaban J connectivity index is 2.21. The van der Waals surface area contributed by atoms with E-state index in [-0.39, 0.29) is 5.91 Å². The molecule has 0 radical (unpaired) electrons. The Kier molecular flexibility index (Phi) is 3.44. The normalized spacial score (nSPS) is 17.0. The van der Waals surface area contributed by atoms with Gasteiger partial charge in [-0.2, -0.15) is 0 Å². The zero-order chi connectivity index (χ0) is 11.5. The summed E-state index contributed by atoms with van der Waals surface area (Å²) in [6, 6.07) is 8.11. The van der Waals surface area contributed by atoms with Gasteiger partial charge < -0.3 is 4.90 Å². The number of likely N-dealkylation sites (tertiary alicyclic amines) is 1. The van der Waals surface area contributed by atoms with Gasteiger partial charge in [0.25, 0.3) is 0 Å². The van der Waals surface area contributed by atoms with Crippen molar-refractivity contribution in [2.45, 2.75) is 19.8 Å². The van der Waals surface area contributed by atoms with Gasteiger partial charge in [0, 0.05) is 23.6 Å². The Morgan fingerprint density at radius 2 is 2.31 bits per heavy atom. The van der Waals surface area contributed by atoms with E-state index >= 15 is 0 Å². The van der Waals surface area contributed by atoms with Crippen molar-refractivity contribution in [2.24, 2.45) is 0 Å². The zero-order valence-electron chi connectivity index (χ0n) is 9.24. The Labute approximate surface area is 104 Å². The average molecular weight is 280 g/mol. The van der Waals surface area contributed by atoms with Crippen LogP contribution in [0.15, 0.2) is 34.9 Å². The lowest BCUT2D eigenvalue weighted by Gasteiger charge is -2.11. The highest BCUT2D eigenvalue weighted by molar-refractivity contribution is 9.10. The van der Waals surface area contributed by atoms with Crippen LogP contribution in [0.1, 0.15) is 25.3 Å². The molecule has 1 aromatic carbocycles. The van der Waals surface area contributed by atoms with E-state index in [9.17, 15) is 4.79 Å². The first kappa shape index (κ1) is 11.4. The standard InChI is InChI=1S/C13H14BrNO/c1-10(9-15-7-3-6-13(15)16)11-4-2-5-12(14)8-11/h2,4-5,8-9H,3,6-7H2,1H3. The fourth-order valence-corrected chi connectivity index (χ4v) is 2.25. The van der Waals surface area contributed by atoms with Crippen molar-refractivity contribution in [3.63, 3.8) is 0 Å². The monoisotopic (exact) mass is 279 g/mol. The number of halogens is 1. The second-order valence-corrected chi connectivity index (χ2v) is 4.93. The summed E-state index contributed by atoms with van der Waals surface area (Å²) in [7, 11) is 0. The van der Waals surface area contributed by atoms with Gasteiger partial charge in [-0.1, -0.05) is 28.1 Å². The molecule has 0 aromatic heterocycles. The van der Waals surface area contributed by atoms with Crippen molar-refractivity contribution in [3.05, 3.63) is 40.5 Å². The lowest BCUT2D eigenvalue weighted by atomic mass is 10.1. The van der Waals surface area contributed by atoms with E-state index in [4.69, 9.17) is 0 Å². The highest BCUT2D eigenvalue weighted by Gasteiger charge is 2.18. The van der Waals surface area contributed by atoms with Crippen LogP contribution < -0.4 is 0 Å². The number of hydrogen-bond acceptors (Lipinski definition) is 1. The first-order valence-corrected chi connectivity index (χ1v) is 6.20. The average Bonchev–Trinajstić information content (AvgIpc) is 2.64. The molecule has 1 aliphatic rings. The maximum atomic E-state index is 11.5. The number of hydrogen-bond donors (Lipinski definition) is 0. The first-order valence-electron chi connectivity index (χ1n) is 5.40. The summed E-state index contributed by atoms with van der Waals surface area (Å²) in [4.78, 5) is 13.3. The summed E-state index contributed by atoms with van der Waals surface area (Å²) in [6.07, 6.45) is 3.61. The molecule has 3 heteroatoms. The molecule has 1 saturated heterocycles. The lowest BCUT2D eigenvalue weighted by Crippen LogP contribution is -2.17. The van der Waals surface area contributed by atoms with Crippen molar-refractivity contribution in [1.29, 1.82) is 0 Å². The number of allylic oxidation sites excluding steroid dienone is 1. The van der Waals surface area contributed by atoms with Gasteiger partial charge in [-0.15, -0.1) is 0 Å². The molecule has 2 nitrogen and oxygen atoms in total. The van der Waals surface area contributed by atoms with Crippen LogP contribution >= 0.6 is 15.9 Å². The Morgan fingerprint density at radius 3 is 2.94 bits per heavy atom. The Bertz CT molecular complexity index is 439. The Hall–Kier alpha value is -1.09. The molecule has 1 heterocycles. The summed E-state index contributed by atoms with van der Waals surface area (Å²) < 4.78 is 1.06. The van der Waals surface area contributed by atoms with Gasteiger partial charge in [-0.05, 0) is 36.6 Å². The molecule has 0 spiro atoms. The zero-order valence-corrected chi connectivity index (χ0v) is 10.8. The van der Waals surface area contributed by atoms with E-state index in [0.717, 1.165) is 28.6 Å². The molecule has 16 heavy (non-hydrogen) atoms. The van der Waals surface area contributed by atoms with Crippen LogP contribution in [-0.4, -0.2) is 17.4 Å². The third-order valence-corrected chi connectivity index (χ3v) is 3.23. The summed E-state index contributed by atoms with van der Waals surface area (Å²) >= 11 is 3.45. The topological polar surface area (TPSA) is 20.3 Å². The van der Waals surface area contributed by atoms with Crippen LogP contribution in [0.25, 0.3) is 5.57 Å². The molecule has 0 N–H and O–H groups in total. The van der Waals surface area contributed by atoms with Gasteiger partial charge in [-0.3, -0.25) is 4.79 Å². The molecule has 1 aromatic rings. The van der Waals surface area contributed by atoms with Crippen LogP contribution in [0.2, 0.25) is 0 Å². The number of rotatable bonds is 2. The molecule has 2 rings (SSSR count). The summed E-state index contributed by atoms with van der Waals surface area (Å²) in [5.41, 5.74) is 2.27. The van der Waals surface area contributed by atoms with E-state index in [2.05, 4.69) is 28.1 Å². The summed E-state index contributed by atoms with van der Waals surface area (Å²) in [6.45, 7) is 2.89. The molecular weight excluding hydrogens is 266 g/mol. The molecule has 1 fully saturated rings.